The molecule has 0 aliphatic carbocycles. The van der Waals surface area contributed by atoms with Crippen molar-refractivity contribution in [3.05, 3.63) is 0 Å². The Bertz CT molecular complexity index is 246. The van der Waals surface area contributed by atoms with Crippen molar-refractivity contribution in [1.82, 2.24) is 10.6 Å². The smallest absolute Gasteiger partial charge is 0.239 e. The van der Waals surface area contributed by atoms with Crippen LogP contribution >= 0.6 is 0 Å². The summed E-state index contributed by atoms with van der Waals surface area (Å²) in [7, 11) is 0. The zero-order chi connectivity index (χ0) is 12.8. The Morgan fingerprint density at radius 1 is 1.25 bits per heavy atom. The normalized spacial score (nSPS) is 13.1. The van der Waals surface area contributed by atoms with Gasteiger partial charge in [0.1, 0.15) is 0 Å². The van der Waals surface area contributed by atoms with E-state index in [1.54, 1.807) is 20.8 Å². The predicted molar refractivity (Wildman–Crippen MR) is 61.8 cm³/mol. The zero-order valence-corrected chi connectivity index (χ0v) is 10.5. The molecule has 0 aromatic carbocycles. The summed E-state index contributed by atoms with van der Waals surface area (Å²) in [6, 6.07) is 0. The van der Waals surface area contributed by atoms with Crippen LogP contribution in [0.4, 0.5) is 0 Å². The number of rotatable bonds is 5. The maximum absolute atomic E-state index is 11.4. The Hall–Kier alpha value is -1.10. The molecule has 0 saturated heterocycles. The lowest BCUT2D eigenvalue weighted by Crippen LogP contribution is -2.43. The fourth-order valence-corrected chi connectivity index (χ4v) is 0.864. The first-order valence-electron chi connectivity index (χ1n) is 5.50. The minimum atomic E-state index is -0.526. The molecule has 0 fully saturated rings. The fraction of sp³-hybridized carbons (Fsp3) is 0.818. The van der Waals surface area contributed by atoms with Crippen LogP contribution in [0.25, 0.3) is 0 Å². The van der Waals surface area contributed by atoms with E-state index in [2.05, 4.69) is 10.6 Å². The van der Waals surface area contributed by atoms with E-state index in [9.17, 15) is 14.7 Å². The van der Waals surface area contributed by atoms with Crippen molar-refractivity contribution in [2.75, 3.05) is 13.1 Å². The van der Waals surface area contributed by atoms with Crippen LogP contribution in [0.2, 0.25) is 0 Å². The number of carbonyl (C=O) groups excluding carboxylic acids is 2. The topological polar surface area (TPSA) is 78.4 Å². The molecule has 1 atom stereocenters. The minimum absolute atomic E-state index is 0.0491. The highest BCUT2D eigenvalue weighted by Crippen LogP contribution is 2.11. The summed E-state index contributed by atoms with van der Waals surface area (Å²) >= 11 is 0. The van der Waals surface area contributed by atoms with E-state index < -0.39 is 11.5 Å². The van der Waals surface area contributed by atoms with Crippen LogP contribution in [0.1, 0.15) is 34.1 Å². The zero-order valence-electron chi connectivity index (χ0n) is 10.5. The first kappa shape index (κ1) is 14.9. The molecule has 0 saturated carbocycles. The number of carbonyl (C=O) groups is 2. The van der Waals surface area contributed by atoms with Crippen LogP contribution in [-0.2, 0) is 9.59 Å². The molecule has 94 valence electrons. The molecule has 0 spiro atoms. The lowest BCUT2D eigenvalue weighted by molar-refractivity contribution is -0.131. The molecule has 0 aromatic rings. The van der Waals surface area contributed by atoms with Gasteiger partial charge in [-0.25, -0.2) is 0 Å². The number of hydrogen-bond donors (Lipinski definition) is 3. The van der Waals surface area contributed by atoms with E-state index in [1.807, 2.05) is 6.92 Å². The molecule has 0 radical (unpaired) electrons. The van der Waals surface area contributed by atoms with Gasteiger partial charge in [-0.2, -0.15) is 0 Å². The molecule has 3 N–H and O–H groups in total. The van der Waals surface area contributed by atoms with Crippen molar-refractivity contribution >= 4 is 11.8 Å². The second-order valence-electron chi connectivity index (χ2n) is 4.80. The van der Waals surface area contributed by atoms with Crippen LogP contribution in [0.5, 0.6) is 0 Å². The molecule has 0 bridgehead atoms. The minimum Gasteiger partial charge on any atom is -0.391 e. The van der Waals surface area contributed by atoms with Gasteiger partial charge < -0.3 is 15.7 Å². The third-order valence-electron chi connectivity index (χ3n) is 2.10. The Morgan fingerprint density at radius 2 is 1.81 bits per heavy atom. The van der Waals surface area contributed by atoms with E-state index in [-0.39, 0.29) is 24.9 Å². The van der Waals surface area contributed by atoms with Crippen LogP contribution < -0.4 is 10.6 Å². The molecule has 0 aliphatic rings. The molecular formula is C11H22N2O3. The largest absolute Gasteiger partial charge is 0.391 e. The van der Waals surface area contributed by atoms with Gasteiger partial charge in [0, 0.05) is 12.0 Å². The summed E-state index contributed by atoms with van der Waals surface area (Å²) in [4.78, 5) is 22.7. The van der Waals surface area contributed by atoms with Crippen LogP contribution in [-0.4, -0.2) is 36.1 Å². The maximum Gasteiger partial charge on any atom is 0.239 e. The lowest BCUT2D eigenvalue weighted by Gasteiger charge is -2.17. The summed E-state index contributed by atoms with van der Waals surface area (Å²) in [5, 5.41) is 14.3. The standard InChI is InChI=1S/C11H22N2O3/c1-5-8(14)6-12-9(15)7-13-10(16)11(2,3)4/h8,14H,5-7H2,1-4H3,(H,12,15)(H,13,16). The number of nitrogens with one attached hydrogen (secondary N) is 2. The summed E-state index contributed by atoms with van der Waals surface area (Å²) in [5.74, 6) is -0.455. The molecule has 0 aromatic heterocycles. The summed E-state index contributed by atoms with van der Waals surface area (Å²) in [5.41, 5.74) is -0.497. The van der Waals surface area contributed by atoms with E-state index in [0.29, 0.717) is 6.42 Å². The van der Waals surface area contributed by atoms with Gasteiger partial charge in [-0.05, 0) is 6.42 Å². The van der Waals surface area contributed by atoms with Crippen molar-refractivity contribution in [1.29, 1.82) is 0 Å². The van der Waals surface area contributed by atoms with E-state index in [1.165, 1.54) is 0 Å². The number of aliphatic hydroxyl groups is 1. The van der Waals surface area contributed by atoms with Crippen molar-refractivity contribution in [3.8, 4) is 0 Å². The Labute approximate surface area is 96.6 Å². The van der Waals surface area contributed by atoms with Crippen LogP contribution in [0, 0.1) is 5.41 Å². The van der Waals surface area contributed by atoms with Crippen molar-refractivity contribution in [2.45, 2.75) is 40.2 Å². The third-order valence-corrected chi connectivity index (χ3v) is 2.10. The SMILES string of the molecule is CCC(O)CNC(=O)CNC(=O)C(C)(C)C. The molecule has 16 heavy (non-hydrogen) atoms. The average molecular weight is 230 g/mol. The van der Waals surface area contributed by atoms with Crippen LogP contribution in [0.15, 0.2) is 0 Å². The molecule has 2 amide bonds. The maximum atomic E-state index is 11.4. The number of amides is 2. The first-order chi connectivity index (χ1) is 7.27. The highest BCUT2D eigenvalue weighted by atomic mass is 16.3. The van der Waals surface area contributed by atoms with Crippen LogP contribution in [0.3, 0.4) is 0 Å². The molecule has 5 heteroatoms. The highest BCUT2D eigenvalue weighted by molar-refractivity contribution is 5.87. The Kier molecular flexibility index (Phi) is 6.03. The third kappa shape index (κ3) is 6.40. The molecule has 1 unspecified atom stereocenters. The second-order valence-corrected chi connectivity index (χ2v) is 4.80. The predicted octanol–water partition coefficient (Wildman–Crippen LogP) is 0.0358. The van der Waals surface area contributed by atoms with Crippen molar-refractivity contribution < 1.29 is 14.7 Å². The van der Waals surface area contributed by atoms with Crippen molar-refractivity contribution in [3.63, 3.8) is 0 Å². The van der Waals surface area contributed by atoms with Gasteiger partial charge in [0.15, 0.2) is 0 Å². The fourth-order valence-electron chi connectivity index (χ4n) is 0.864. The molecular weight excluding hydrogens is 208 g/mol. The van der Waals surface area contributed by atoms with E-state index >= 15 is 0 Å². The first-order valence-corrected chi connectivity index (χ1v) is 5.50. The van der Waals surface area contributed by atoms with E-state index in [4.69, 9.17) is 0 Å². The number of hydrogen-bond acceptors (Lipinski definition) is 3. The van der Waals surface area contributed by atoms with E-state index in [0.717, 1.165) is 0 Å². The Morgan fingerprint density at radius 3 is 2.25 bits per heavy atom. The van der Waals surface area contributed by atoms with Gasteiger partial charge in [0.25, 0.3) is 0 Å². The molecule has 5 nitrogen and oxygen atoms in total. The Balaban J connectivity index is 3.78. The second kappa shape index (κ2) is 6.48. The monoisotopic (exact) mass is 230 g/mol. The summed E-state index contributed by atoms with van der Waals surface area (Å²) < 4.78 is 0. The summed E-state index contributed by atoms with van der Waals surface area (Å²) in [6.45, 7) is 7.34. The van der Waals surface area contributed by atoms with Crippen molar-refractivity contribution in [2.24, 2.45) is 5.41 Å². The van der Waals surface area contributed by atoms with Gasteiger partial charge in [0.2, 0.25) is 11.8 Å². The number of aliphatic hydroxyl groups excluding tert-OH is 1. The van der Waals surface area contributed by atoms with Gasteiger partial charge in [-0.15, -0.1) is 0 Å². The van der Waals surface area contributed by atoms with Gasteiger partial charge in [-0.3, -0.25) is 9.59 Å². The lowest BCUT2D eigenvalue weighted by atomic mass is 9.96. The highest BCUT2D eigenvalue weighted by Gasteiger charge is 2.21. The average Bonchev–Trinajstić information content (AvgIpc) is 2.20. The molecule has 0 rings (SSSR count). The van der Waals surface area contributed by atoms with Gasteiger partial charge >= 0.3 is 0 Å². The van der Waals surface area contributed by atoms with Gasteiger partial charge in [-0.1, -0.05) is 27.7 Å². The quantitative estimate of drug-likeness (QED) is 0.624. The summed E-state index contributed by atoms with van der Waals surface area (Å²) in [6.07, 6.45) is 0.0662. The molecule has 0 aliphatic heterocycles. The van der Waals surface area contributed by atoms with Gasteiger partial charge in [0.05, 0.1) is 12.6 Å². The molecule has 0 heterocycles.